The Hall–Kier alpha value is -2.97. The number of carbonyl (C=O) groups excluding carboxylic acids is 1. The third-order valence-corrected chi connectivity index (χ3v) is 2.95. The number of ketones is 1. The van der Waals surface area contributed by atoms with Crippen molar-refractivity contribution in [1.82, 2.24) is 10.3 Å². The fourth-order valence-electron chi connectivity index (χ4n) is 1.87. The van der Waals surface area contributed by atoms with Gasteiger partial charge >= 0.3 is 18.5 Å². The number of benzene rings is 1. The van der Waals surface area contributed by atoms with Crippen LogP contribution in [-0.4, -0.2) is 16.0 Å². The molecule has 9 heteroatoms. The van der Waals surface area contributed by atoms with Gasteiger partial charge in [0.1, 0.15) is 0 Å². The number of alkyl halides is 3. The highest BCUT2D eigenvalue weighted by Crippen LogP contribution is 2.26. The molecule has 0 saturated heterocycles. The van der Waals surface area contributed by atoms with Crippen LogP contribution in [0.15, 0.2) is 45.7 Å². The van der Waals surface area contributed by atoms with Gasteiger partial charge in [-0.2, -0.15) is 13.2 Å². The third-order valence-electron chi connectivity index (χ3n) is 2.95. The molecular formula is C14H9F3N3O3+. The third kappa shape index (κ3) is 2.98. The topological polar surface area (TPSA) is 73.0 Å². The molecule has 118 valence electrons. The maximum absolute atomic E-state index is 12.4. The van der Waals surface area contributed by atoms with Crippen LogP contribution in [0.4, 0.5) is 13.2 Å². The number of aromatic nitrogens is 3. The van der Waals surface area contributed by atoms with Gasteiger partial charge in [0, 0.05) is 23.8 Å². The van der Waals surface area contributed by atoms with E-state index in [0.717, 1.165) is 11.1 Å². The van der Waals surface area contributed by atoms with E-state index in [4.69, 9.17) is 4.52 Å². The summed E-state index contributed by atoms with van der Waals surface area (Å²) < 4.78 is 47.5. The minimum atomic E-state index is -4.66. The van der Waals surface area contributed by atoms with Crippen molar-refractivity contribution >= 4 is 5.78 Å². The van der Waals surface area contributed by atoms with Gasteiger partial charge in [0.05, 0.1) is 10.8 Å². The van der Waals surface area contributed by atoms with Crippen LogP contribution in [0.25, 0.3) is 5.69 Å². The van der Waals surface area contributed by atoms with Crippen LogP contribution in [0.5, 0.6) is 0 Å². The highest BCUT2D eigenvalue weighted by atomic mass is 19.4. The Labute approximate surface area is 127 Å². The van der Waals surface area contributed by atoms with E-state index in [2.05, 4.69) is 14.7 Å². The van der Waals surface area contributed by atoms with Crippen LogP contribution in [0.1, 0.15) is 27.7 Å². The Bertz CT molecular complexity index is 850. The zero-order chi connectivity index (χ0) is 16.6. The van der Waals surface area contributed by atoms with Crippen molar-refractivity contribution in [3.8, 4) is 5.69 Å². The van der Waals surface area contributed by atoms with Gasteiger partial charge < -0.3 is 8.94 Å². The molecule has 0 unspecified atom stereocenters. The molecule has 3 aromatic rings. The predicted molar refractivity (Wildman–Crippen MR) is 67.7 cm³/mol. The lowest BCUT2D eigenvalue weighted by Crippen LogP contribution is -2.32. The maximum atomic E-state index is 12.4. The summed E-state index contributed by atoms with van der Waals surface area (Å²) in [6, 6.07) is 7.28. The first-order chi connectivity index (χ1) is 10.8. The summed E-state index contributed by atoms with van der Waals surface area (Å²) in [5.41, 5.74) is 1.20. The van der Waals surface area contributed by atoms with E-state index in [9.17, 15) is 18.0 Å². The highest BCUT2D eigenvalue weighted by molar-refractivity contribution is 6.07. The standard InChI is InChI=1S/C14H9F3N3O3/c1-8-6-11(23-19-8)12(21)9-2-4-10(5-3-9)20-7-22-13(18-20)14(15,16)17/h2-7H,1H3/q+1. The number of aryl methyl sites for hydroxylation is 1. The first-order valence-corrected chi connectivity index (χ1v) is 6.38. The molecule has 2 aromatic heterocycles. The normalized spacial score (nSPS) is 11.7. The monoisotopic (exact) mass is 324 g/mol. The number of carbonyl (C=O) groups is 1. The Morgan fingerprint density at radius 1 is 1.22 bits per heavy atom. The van der Waals surface area contributed by atoms with E-state index >= 15 is 0 Å². The largest absolute Gasteiger partial charge is 0.475 e. The lowest BCUT2D eigenvalue weighted by atomic mass is 10.1. The van der Waals surface area contributed by atoms with E-state index in [1.54, 1.807) is 6.92 Å². The molecule has 0 fully saturated rings. The van der Waals surface area contributed by atoms with E-state index < -0.39 is 12.1 Å². The molecule has 6 nitrogen and oxygen atoms in total. The van der Waals surface area contributed by atoms with Gasteiger partial charge in [-0.25, -0.2) is 0 Å². The number of hydrogen-bond donors (Lipinski definition) is 0. The van der Waals surface area contributed by atoms with Crippen molar-refractivity contribution in [1.29, 1.82) is 0 Å². The molecule has 0 spiro atoms. The summed E-state index contributed by atoms with van der Waals surface area (Å²) in [6.07, 6.45) is -3.83. The SMILES string of the molecule is Cc1cc(C(=O)c2ccc(-[n+]3coc(C(F)(F)F)n3)cc2)on1. The van der Waals surface area contributed by atoms with Gasteiger partial charge in [-0.3, -0.25) is 4.79 Å². The molecule has 0 aliphatic carbocycles. The van der Waals surface area contributed by atoms with Gasteiger partial charge in [0.15, 0.2) is 0 Å². The van der Waals surface area contributed by atoms with Crippen molar-refractivity contribution in [2.45, 2.75) is 13.1 Å². The lowest BCUT2D eigenvalue weighted by Gasteiger charge is -1.96. The fourth-order valence-corrected chi connectivity index (χ4v) is 1.87. The van der Waals surface area contributed by atoms with Gasteiger partial charge in [-0.15, -0.1) is 0 Å². The van der Waals surface area contributed by atoms with E-state index in [1.165, 1.54) is 30.3 Å². The molecule has 23 heavy (non-hydrogen) atoms. The second-order valence-electron chi connectivity index (χ2n) is 4.68. The second kappa shape index (κ2) is 5.34. The van der Waals surface area contributed by atoms with Crippen molar-refractivity contribution in [3.05, 3.63) is 59.6 Å². The van der Waals surface area contributed by atoms with Gasteiger partial charge in [0.2, 0.25) is 17.2 Å². The Morgan fingerprint density at radius 2 is 1.91 bits per heavy atom. The zero-order valence-corrected chi connectivity index (χ0v) is 11.7. The van der Waals surface area contributed by atoms with Crippen LogP contribution in [0, 0.1) is 6.92 Å². The molecule has 0 aliphatic rings. The molecule has 2 heterocycles. The lowest BCUT2D eigenvalue weighted by molar-refractivity contribution is -0.661. The minimum absolute atomic E-state index is 0.0868. The van der Waals surface area contributed by atoms with E-state index in [-0.39, 0.29) is 11.5 Å². The number of nitrogens with zero attached hydrogens (tertiary/aromatic N) is 3. The average molecular weight is 324 g/mol. The first kappa shape index (κ1) is 14.9. The molecular weight excluding hydrogens is 315 g/mol. The molecule has 0 N–H and O–H groups in total. The molecule has 0 saturated carbocycles. The summed E-state index contributed by atoms with van der Waals surface area (Å²) in [5, 5.41) is 6.92. The Morgan fingerprint density at radius 3 is 2.43 bits per heavy atom. The van der Waals surface area contributed by atoms with Gasteiger partial charge in [0.25, 0.3) is 0 Å². The Kier molecular flexibility index (Phi) is 3.47. The highest BCUT2D eigenvalue weighted by Gasteiger charge is 2.40. The fraction of sp³-hybridized carbons (Fsp3) is 0.143. The number of rotatable bonds is 3. The molecule has 0 radical (unpaired) electrons. The quantitative estimate of drug-likeness (QED) is 0.547. The molecule has 0 amide bonds. The predicted octanol–water partition coefficient (Wildman–Crippen LogP) is 2.50. The summed E-state index contributed by atoms with van der Waals surface area (Å²) in [6.45, 7) is 1.68. The maximum Gasteiger partial charge on any atom is 0.475 e. The summed E-state index contributed by atoms with van der Waals surface area (Å²) in [7, 11) is 0. The smallest absolute Gasteiger partial charge is 0.380 e. The van der Waals surface area contributed by atoms with Crippen molar-refractivity contribution < 1.29 is 31.6 Å². The van der Waals surface area contributed by atoms with E-state index in [1.807, 2.05) is 0 Å². The van der Waals surface area contributed by atoms with Crippen LogP contribution < -0.4 is 4.68 Å². The molecule has 0 aliphatic heterocycles. The molecule has 0 atom stereocenters. The van der Waals surface area contributed by atoms with Gasteiger partial charge in [-0.1, -0.05) is 5.16 Å². The minimum Gasteiger partial charge on any atom is -0.380 e. The summed E-state index contributed by atoms with van der Waals surface area (Å²) >= 11 is 0. The van der Waals surface area contributed by atoms with Crippen LogP contribution in [0.2, 0.25) is 0 Å². The average Bonchev–Trinajstić information content (AvgIpc) is 3.15. The van der Waals surface area contributed by atoms with E-state index in [0.29, 0.717) is 16.9 Å². The summed E-state index contributed by atoms with van der Waals surface area (Å²) in [4.78, 5) is 12.1. The van der Waals surface area contributed by atoms with Crippen molar-refractivity contribution in [2.75, 3.05) is 0 Å². The Balaban J connectivity index is 1.85. The molecule has 1 aromatic carbocycles. The molecule has 0 bridgehead atoms. The van der Waals surface area contributed by atoms with Crippen molar-refractivity contribution in [3.63, 3.8) is 0 Å². The summed E-state index contributed by atoms with van der Waals surface area (Å²) in [5.74, 6) is -1.64. The molecule has 3 rings (SSSR count). The zero-order valence-electron chi connectivity index (χ0n) is 11.7. The number of hydrogen-bond acceptors (Lipinski definition) is 5. The number of halogens is 3. The van der Waals surface area contributed by atoms with Crippen LogP contribution in [-0.2, 0) is 6.18 Å². The van der Waals surface area contributed by atoms with Crippen molar-refractivity contribution in [2.24, 2.45) is 0 Å². The van der Waals surface area contributed by atoms with Gasteiger partial charge in [-0.05, 0) is 23.7 Å². The second-order valence-corrected chi connectivity index (χ2v) is 4.68. The van der Waals surface area contributed by atoms with Crippen LogP contribution in [0.3, 0.4) is 0 Å². The van der Waals surface area contributed by atoms with Crippen LogP contribution >= 0.6 is 0 Å². The first-order valence-electron chi connectivity index (χ1n) is 6.38.